The smallest absolute Gasteiger partial charge is 0.243 e. The number of nitrogens with zero attached hydrogens (tertiary/aromatic N) is 2. The zero-order chi connectivity index (χ0) is 23.8. The van der Waals surface area contributed by atoms with Gasteiger partial charge in [0.25, 0.3) is 0 Å². The maximum atomic E-state index is 13.0. The third-order valence-corrected chi connectivity index (χ3v) is 7.54. The number of para-hydroxylation sites is 2. The molecule has 9 heteroatoms. The number of amides is 1. The van der Waals surface area contributed by atoms with E-state index in [0.29, 0.717) is 43.4 Å². The number of benzene rings is 2. The minimum absolute atomic E-state index is 0.151. The molecule has 2 aromatic rings. The molecule has 1 fully saturated rings. The Morgan fingerprint density at radius 1 is 1.09 bits per heavy atom. The molecule has 1 aliphatic heterocycles. The van der Waals surface area contributed by atoms with E-state index in [1.54, 1.807) is 25.3 Å². The predicted octanol–water partition coefficient (Wildman–Crippen LogP) is 3.13. The van der Waals surface area contributed by atoms with Crippen LogP contribution < -0.4 is 14.8 Å². The van der Waals surface area contributed by atoms with Crippen molar-refractivity contribution in [2.75, 3.05) is 52.3 Å². The molecule has 0 unspecified atom stereocenters. The SMILES string of the molecule is COc1ccccc1OCCN(C)CC(=O)Nc1cc(S(=O)(=O)N2CCCCC2)ccc1C. The second-order valence-electron chi connectivity index (χ2n) is 8.23. The normalized spacial score (nSPS) is 14.8. The highest BCUT2D eigenvalue weighted by molar-refractivity contribution is 7.89. The molecule has 180 valence electrons. The van der Waals surface area contributed by atoms with Crippen LogP contribution in [0, 0.1) is 6.92 Å². The second kappa shape index (κ2) is 11.5. The van der Waals surface area contributed by atoms with Gasteiger partial charge in [-0.3, -0.25) is 9.69 Å². The first-order chi connectivity index (χ1) is 15.8. The number of likely N-dealkylation sites (N-methyl/N-ethyl adjacent to an activating group) is 1. The van der Waals surface area contributed by atoms with Gasteiger partial charge in [-0.05, 0) is 56.6 Å². The first-order valence-corrected chi connectivity index (χ1v) is 12.6. The molecular formula is C24H33N3O5S. The maximum Gasteiger partial charge on any atom is 0.243 e. The molecule has 0 atom stereocenters. The van der Waals surface area contributed by atoms with Crippen molar-refractivity contribution in [1.29, 1.82) is 0 Å². The lowest BCUT2D eigenvalue weighted by Crippen LogP contribution is -2.35. The largest absolute Gasteiger partial charge is 0.493 e. The third-order valence-electron chi connectivity index (χ3n) is 5.65. The van der Waals surface area contributed by atoms with Gasteiger partial charge in [0, 0.05) is 25.3 Å². The van der Waals surface area contributed by atoms with Gasteiger partial charge in [-0.25, -0.2) is 8.42 Å². The van der Waals surface area contributed by atoms with E-state index in [1.165, 1.54) is 4.31 Å². The maximum absolute atomic E-state index is 13.0. The van der Waals surface area contributed by atoms with Crippen molar-refractivity contribution >= 4 is 21.6 Å². The van der Waals surface area contributed by atoms with E-state index in [4.69, 9.17) is 9.47 Å². The number of ether oxygens (including phenoxy) is 2. The van der Waals surface area contributed by atoms with E-state index in [1.807, 2.05) is 43.1 Å². The van der Waals surface area contributed by atoms with E-state index in [0.717, 1.165) is 24.8 Å². The quantitative estimate of drug-likeness (QED) is 0.568. The van der Waals surface area contributed by atoms with Crippen LogP contribution in [0.4, 0.5) is 5.69 Å². The van der Waals surface area contributed by atoms with Crippen molar-refractivity contribution < 1.29 is 22.7 Å². The number of hydrogen-bond acceptors (Lipinski definition) is 6. The van der Waals surface area contributed by atoms with Crippen LogP contribution >= 0.6 is 0 Å². The molecule has 0 aromatic heterocycles. The average molecular weight is 476 g/mol. The molecule has 1 saturated heterocycles. The molecule has 8 nitrogen and oxygen atoms in total. The van der Waals surface area contributed by atoms with Crippen LogP contribution in [0.2, 0.25) is 0 Å². The van der Waals surface area contributed by atoms with E-state index in [-0.39, 0.29) is 17.3 Å². The van der Waals surface area contributed by atoms with Crippen LogP contribution in [0.25, 0.3) is 0 Å². The van der Waals surface area contributed by atoms with Crippen molar-refractivity contribution in [3.05, 3.63) is 48.0 Å². The van der Waals surface area contributed by atoms with Gasteiger partial charge in [-0.15, -0.1) is 0 Å². The number of carbonyl (C=O) groups is 1. The van der Waals surface area contributed by atoms with Crippen LogP contribution in [-0.4, -0.2) is 70.5 Å². The Hall–Kier alpha value is -2.62. The van der Waals surface area contributed by atoms with Crippen LogP contribution in [0.15, 0.2) is 47.4 Å². The molecule has 0 aliphatic carbocycles. The number of piperidine rings is 1. The minimum atomic E-state index is -3.56. The summed E-state index contributed by atoms with van der Waals surface area (Å²) in [7, 11) is -0.140. The van der Waals surface area contributed by atoms with Crippen LogP contribution in [0.5, 0.6) is 11.5 Å². The average Bonchev–Trinajstić information content (AvgIpc) is 2.81. The fraction of sp³-hybridized carbons (Fsp3) is 0.458. The molecule has 0 spiro atoms. The number of hydrogen-bond donors (Lipinski definition) is 1. The summed E-state index contributed by atoms with van der Waals surface area (Å²) >= 11 is 0. The molecule has 3 rings (SSSR count). The summed E-state index contributed by atoms with van der Waals surface area (Å²) in [6.45, 7) is 4.01. The fourth-order valence-electron chi connectivity index (χ4n) is 3.71. The lowest BCUT2D eigenvalue weighted by atomic mass is 10.2. The minimum Gasteiger partial charge on any atom is -0.493 e. The van der Waals surface area contributed by atoms with Crippen molar-refractivity contribution in [3.63, 3.8) is 0 Å². The number of carbonyl (C=O) groups excluding carboxylic acids is 1. The summed E-state index contributed by atoms with van der Waals surface area (Å²) in [5.41, 5.74) is 1.32. The van der Waals surface area contributed by atoms with Gasteiger partial charge >= 0.3 is 0 Å². The van der Waals surface area contributed by atoms with E-state index >= 15 is 0 Å². The molecule has 1 heterocycles. The Kier molecular flexibility index (Phi) is 8.71. The molecule has 1 aliphatic rings. The second-order valence-corrected chi connectivity index (χ2v) is 10.2. The van der Waals surface area contributed by atoms with Crippen molar-refractivity contribution in [3.8, 4) is 11.5 Å². The zero-order valence-corrected chi connectivity index (χ0v) is 20.4. The number of sulfonamides is 1. The molecule has 0 saturated carbocycles. The fourth-order valence-corrected chi connectivity index (χ4v) is 5.26. The van der Waals surface area contributed by atoms with E-state index in [2.05, 4.69) is 5.32 Å². The van der Waals surface area contributed by atoms with Crippen molar-refractivity contribution in [2.45, 2.75) is 31.1 Å². The monoisotopic (exact) mass is 475 g/mol. The van der Waals surface area contributed by atoms with Gasteiger partial charge in [0.1, 0.15) is 6.61 Å². The lowest BCUT2D eigenvalue weighted by Gasteiger charge is -2.26. The first kappa shape index (κ1) is 25.0. The molecule has 0 bridgehead atoms. The highest BCUT2D eigenvalue weighted by Crippen LogP contribution is 2.26. The molecule has 1 N–H and O–H groups in total. The molecule has 33 heavy (non-hydrogen) atoms. The van der Waals surface area contributed by atoms with Gasteiger partial charge < -0.3 is 14.8 Å². The Labute approximate surface area is 196 Å². The third kappa shape index (κ3) is 6.69. The molecule has 2 aromatic carbocycles. The number of anilines is 1. The Bertz CT molecular complexity index is 1050. The zero-order valence-electron chi connectivity index (χ0n) is 19.5. The Morgan fingerprint density at radius 3 is 2.48 bits per heavy atom. The van der Waals surface area contributed by atoms with Crippen LogP contribution in [0.1, 0.15) is 24.8 Å². The highest BCUT2D eigenvalue weighted by atomic mass is 32.2. The van der Waals surface area contributed by atoms with Gasteiger partial charge in [-0.2, -0.15) is 4.31 Å². The highest BCUT2D eigenvalue weighted by Gasteiger charge is 2.26. The van der Waals surface area contributed by atoms with Crippen molar-refractivity contribution in [2.24, 2.45) is 0 Å². The summed E-state index contributed by atoms with van der Waals surface area (Å²) in [4.78, 5) is 14.7. The molecular weight excluding hydrogens is 442 g/mol. The summed E-state index contributed by atoms with van der Waals surface area (Å²) in [6.07, 6.45) is 2.81. The van der Waals surface area contributed by atoms with E-state index in [9.17, 15) is 13.2 Å². The first-order valence-electron chi connectivity index (χ1n) is 11.2. The number of methoxy groups -OCH3 is 1. The molecule has 0 radical (unpaired) electrons. The van der Waals surface area contributed by atoms with E-state index < -0.39 is 10.0 Å². The number of aryl methyl sites for hydroxylation is 1. The Morgan fingerprint density at radius 2 is 1.79 bits per heavy atom. The summed E-state index contributed by atoms with van der Waals surface area (Å²) in [5.74, 6) is 1.10. The summed E-state index contributed by atoms with van der Waals surface area (Å²) < 4.78 is 38.5. The topological polar surface area (TPSA) is 88.2 Å². The summed E-state index contributed by atoms with van der Waals surface area (Å²) in [5, 5.41) is 2.86. The van der Waals surface area contributed by atoms with Gasteiger partial charge in [0.15, 0.2) is 11.5 Å². The lowest BCUT2D eigenvalue weighted by molar-refractivity contribution is -0.117. The number of nitrogens with one attached hydrogen (secondary N) is 1. The molecule has 1 amide bonds. The Balaban J connectivity index is 1.55. The number of rotatable bonds is 10. The summed E-state index contributed by atoms with van der Waals surface area (Å²) in [6, 6.07) is 12.3. The van der Waals surface area contributed by atoms with Crippen molar-refractivity contribution in [1.82, 2.24) is 9.21 Å². The predicted molar refractivity (Wildman–Crippen MR) is 128 cm³/mol. The van der Waals surface area contributed by atoms with Crippen LogP contribution in [-0.2, 0) is 14.8 Å². The van der Waals surface area contributed by atoms with Gasteiger partial charge in [0.05, 0.1) is 18.6 Å². The van der Waals surface area contributed by atoms with Crippen LogP contribution in [0.3, 0.4) is 0 Å². The van der Waals surface area contributed by atoms with Gasteiger partial charge in [0.2, 0.25) is 15.9 Å². The standard InChI is InChI=1S/C24H33N3O5S/c1-19-11-12-20(33(29,30)27-13-7-4-8-14-27)17-21(19)25-24(28)18-26(2)15-16-32-23-10-6-5-9-22(23)31-3/h5-6,9-12,17H,4,7-8,13-16,18H2,1-3H3,(H,25,28). The van der Waals surface area contributed by atoms with Gasteiger partial charge in [-0.1, -0.05) is 24.6 Å².